The summed E-state index contributed by atoms with van der Waals surface area (Å²) in [6.45, 7) is 4.18. The van der Waals surface area contributed by atoms with Crippen molar-refractivity contribution in [3.8, 4) is 0 Å². The second-order valence-electron chi connectivity index (χ2n) is 5.33. The molecule has 0 radical (unpaired) electrons. The highest BCUT2D eigenvalue weighted by Crippen LogP contribution is 2.08. The van der Waals surface area contributed by atoms with Gasteiger partial charge in [-0.2, -0.15) is 0 Å². The van der Waals surface area contributed by atoms with E-state index in [4.69, 9.17) is 0 Å². The lowest BCUT2D eigenvalue weighted by molar-refractivity contribution is -0.117. The van der Waals surface area contributed by atoms with Crippen LogP contribution in [0, 0.1) is 6.92 Å². The Kier molecular flexibility index (Phi) is 4.74. The van der Waals surface area contributed by atoms with Crippen LogP contribution in [0.4, 0.5) is 0 Å². The van der Waals surface area contributed by atoms with Gasteiger partial charge in [0.2, 0.25) is 5.91 Å². The molecule has 0 unspecified atom stereocenters. The second-order valence-corrected chi connectivity index (χ2v) is 5.33. The van der Waals surface area contributed by atoms with Gasteiger partial charge >= 0.3 is 0 Å². The van der Waals surface area contributed by atoms with E-state index >= 15 is 0 Å². The average Bonchev–Trinajstić information content (AvgIpc) is 2.41. The fraction of sp³-hybridized carbons (Fsp3) is 0.438. The van der Waals surface area contributed by atoms with E-state index in [0.717, 1.165) is 31.5 Å². The predicted octanol–water partition coefficient (Wildman–Crippen LogP) is 2.22. The third-order valence-corrected chi connectivity index (χ3v) is 3.57. The summed E-state index contributed by atoms with van der Waals surface area (Å²) in [6, 6.07) is 8.47. The van der Waals surface area contributed by atoms with E-state index in [1.54, 1.807) is 6.08 Å². The lowest BCUT2D eigenvalue weighted by Gasteiger charge is -2.29. The molecule has 102 valence electrons. The molecule has 1 fully saturated rings. The van der Waals surface area contributed by atoms with E-state index in [1.807, 2.05) is 18.2 Å². The van der Waals surface area contributed by atoms with Gasteiger partial charge in [0.25, 0.3) is 0 Å². The second kappa shape index (κ2) is 6.53. The van der Waals surface area contributed by atoms with Gasteiger partial charge in [-0.05, 0) is 51.5 Å². The highest BCUT2D eigenvalue weighted by Gasteiger charge is 2.17. The number of nitrogens with zero attached hydrogens (tertiary/aromatic N) is 1. The van der Waals surface area contributed by atoms with Gasteiger partial charge in [-0.15, -0.1) is 0 Å². The number of carbonyl (C=O) groups is 1. The number of amides is 1. The summed E-state index contributed by atoms with van der Waals surface area (Å²) in [5, 5.41) is 3.07. The molecule has 1 amide bonds. The van der Waals surface area contributed by atoms with Gasteiger partial charge in [-0.25, -0.2) is 0 Å². The first kappa shape index (κ1) is 13.8. The van der Waals surface area contributed by atoms with E-state index in [-0.39, 0.29) is 5.91 Å². The third-order valence-electron chi connectivity index (χ3n) is 3.57. The zero-order valence-electron chi connectivity index (χ0n) is 11.7. The Labute approximate surface area is 115 Å². The molecule has 0 spiro atoms. The van der Waals surface area contributed by atoms with Crippen LogP contribution in [-0.2, 0) is 4.79 Å². The molecule has 0 aromatic heterocycles. The lowest BCUT2D eigenvalue weighted by atomic mass is 10.1. The number of hydrogen-bond donors (Lipinski definition) is 1. The Bertz CT molecular complexity index is 442. The fourth-order valence-corrected chi connectivity index (χ4v) is 2.25. The van der Waals surface area contributed by atoms with Crippen LogP contribution >= 0.6 is 0 Å². The SMILES string of the molecule is Cc1ccc(/C=C/C(=O)NC2CCN(C)CC2)cc1. The summed E-state index contributed by atoms with van der Waals surface area (Å²) in [4.78, 5) is 14.1. The zero-order valence-corrected chi connectivity index (χ0v) is 11.7. The molecule has 0 bridgehead atoms. The van der Waals surface area contributed by atoms with Gasteiger partial charge in [0.1, 0.15) is 0 Å². The topological polar surface area (TPSA) is 32.3 Å². The van der Waals surface area contributed by atoms with Crippen molar-refractivity contribution in [2.75, 3.05) is 20.1 Å². The molecule has 0 atom stereocenters. The van der Waals surface area contributed by atoms with Crippen molar-refractivity contribution in [1.29, 1.82) is 0 Å². The molecule has 2 rings (SSSR count). The van der Waals surface area contributed by atoms with E-state index in [1.165, 1.54) is 5.56 Å². The first-order valence-corrected chi connectivity index (χ1v) is 6.87. The van der Waals surface area contributed by atoms with Crippen LogP contribution < -0.4 is 5.32 Å². The molecule has 1 heterocycles. The van der Waals surface area contributed by atoms with Crippen molar-refractivity contribution < 1.29 is 4.79 Å². The number of rotatable bonds is 3. The Morgan fingerprint density at radius 2 is 1.89 bits per heavy atom. The van der Waals surface area contributed by atoms with Crippen molar-refractivity contribution in [3.05, 3.63) is 41.5 Å². The smallest absolute Gasteiger partial charge is 0.244 e. The normalized spacial score (nSPS) is 17.8. The summed E-state index contributed by atoms with van der Waals surface area (Å²) in [5.41, 5.74) is 2.29. The van der Waals surface area contributed by atoms with E-state index in [9.17, 15) is 4.79 Å². The first-order valence-electron chi connectivity index (χ1n) is 6.87. The number of likely N-dealkylation sites (tertiary alicyclic amines) is 1. The molecule has 1 aliphatic rings. The average molecular weight is 258 g/mol. The Morgan fingerprint density at radius 1 is 1.26 bits per heavy atom. The molecule has 0 saturated carbocycles. The molecular formula is C16H22N2O. The molecule has 0 aliphatic carbocycles. The van der Waals surface area contributed by atoms with Gasteiger partial charge in [-0.1, -0.05) is 29.8 Å². The third kappa shape index (κ3) is 4.52. The molecule has 3 nitrogen and oxygen atoms in total. The van der Waals surface area contributed by atoms with Crippen molar-refractivity contribution >= 4 is 12.0 Å². The molecule has 1 aromatic rings. The molecule has 1 aromatic carbocycles. The quantitative estimate of drug-likeness (QED) is 0.843. The van der Waals surface area contributed by atoms with E-state index in [2.05, 4.69) is 36.3 Å². The number of piperidine rings is 1. The van der Waals surface area contributed by atoms with Gasteiger partial charge < -0.3 is 10.2 Å². The van der Waals surface area contributed by atoms with Crippen LogP contribution in [0.15, 0.2) is 30.3 Å². The minimum Gasteiger partial charge on any atom is -0.350 e. The monoisotopic (exact) mass is 258 g/mol. The van der Waals surface area contributed by atoms with Crippen LogP contribution in [0.1, 0.15) is 24.0 Å². The van der Waals surface area contributed by atoms with Crippen molar-refractivity contribution in [2.45, 2.75) is 25.8 Å². The molecule has 1 aliphatic heterocycles. The highest BCUT2D eigenvalue weighted by molar-refractivity contribution is 5.91. The van der Waals surface area contributed by atoms with E-state index < -0.39 is 0 Å². The van der Waals surface area contributed by atoms with Crippen molar-refractivity contribution in [1.82, 2.24) is 10.2 Å². The largest absolute Gasteiger partial charge is 0.350 e. The van der Waals surface area contributed by atoms with Gasteiger partial charge in [0.15, 0.2) is 0 Å². The zero-order chi connectivity index (χ0) is 13.7. The highest BCUT2D eigenvalue weighted by atomic mass is 16.1. The van der Waals surface area contributed by atoms with Crippen LogP contribution in [0.3, 0.4) is 0 Å². The lowest BCUT2D eigenvalue weighted by Crippen LogP contribution is -2.42. The number of aryl methyl sites for hydroxylation is 1. The summed E-state index contributed by atoms with van der Waals surface area (Å²) < 4.78 is 0. The molecule has 1 saturated heterocycles. The molecule has 1 N–H and O–H groups in total. The van der Waals surface area contributed by atoms with E-state index in [0.29, 0.717) is 6.04 Å². The van der Waals surface area contributed by atoms with Crippen LogP contribution in [0.25, 0.3) is 6.08 Å². The molecule has 19 heavy (non-hydrogen) atoms. The molecular weight excluding hydrogens is 236 g/mol. The van der Waals surface area contributed by atoms with Crippen LogP contribution in [0.5, 0.6) is 0 Å². The van der Waals surface area contributed by atoms with Crippen LogP contribution in [0.2, 0.25) is 0 Å². The summed E-state index contributed by atoms with van der Waals surface area (Å²) >= 11 is 0. The Morgan fingerprint density at radius 3 is 2.53 bits per heavy atom. The molecule has 3 heteroatoms. The number of hydrogen-bond acceptors (Lipinski definition) is 2. The number of carbonyl (C=O) groups excluding carboxylic acids is 1. The first-order chi connectivity index (χ1) is 9.13. The number of benzene rings is 1. The maximum absolute atomic E-state index is 11.8. The predicted molar refractivity (Wildman–Crippen MR) is 78.9 cm³/mol. The fourth-order valence-electron chi connectivity index (χ4n) is 2.25. The van der Waals surface area contributed by atoms with Gasteiger partial charge in [-0.3, -0.25) is 4.79 Å². The van der Waals surface area contributed by atoms with Crippen molar-refractivity contribution in [3.63, 3.8) is 0 Å². The maximum Gasteiger partial charge on any atom is 0.244 e. The minimum atomic E-state index is 0.00938. The summed E-state index contributed by atoms with van der Waals surface area (Å²) in [5.74, 6) is 0.00938. The summed E-state index contributed by atoms with van der Waals surface area (Å²) in [6.07, 6.45) is 5.58. The minimum absolute atomic E-state index is 0.00938. The van der Waals surface area contributed by atoms with Gasteiger partial charge in [0.05, 0.1) is 0 Å². The van der Waals surface area contributed by atoms with Crippen LogP contribution in [-0.4, -0.2) is 37.0 Å². The van der Waals surface area contributed by atoms with Gasteiger partial charge in [0, 0.05) is 12.1 Å². The maximum atomic E-state index is 11.8. The number of nitrogens with one attached hydrogen (secondary N) is 1. The summed E-state index contributed by atoms with van der Waals surface area (Å²) in [7, 11) is 2.12. The van der Waals surface area contributed by atoms with Crippen molar-refractivity contribution in [2.24, 2.45) is 0 Å². The standard InChI is InChI=1S/C16H22N2O/c1-13-3-5-14(6-4-13)7-8-16(19)17-15-9-11-18(2)12-10-15/h3-8,15H,9-12H2,1-2H3,(H,17,19)/b8-7+. The Balaban J connectivity index is 1.82. The Hall–Kier alpha value is -1.61.